The molecule has 0 bridgehead atoms. The second-order valence-corrected chi connectivity index (χ2v) is 9.49. The molecule has 0 aromatic heterocycles. The highest BCUT2D eigenvalue weighted by molar-refractivity contribution is 6.86. The summed E-state index contributed by atoms with van der Waals surface area (Å²) in [5, 5.41) is 0. The first-order valence-corrected chi connectivity index (χ1v) is 8.57. The van der Waals surface area contributed by atoms with Gasteiger partial charge in [-0.2, -0.15) is 0 Å². The molecule has 0 aromatic carbocycles. The van der Waals surface area contributed by atoms with Crippen molar-refractivity contribution in [2.45, 2.75) is 44.8 Å². The summed E-state index contributed by atoms with van der Waals surface area (Å²) in [5.74, 6) is 0.691. The molecule has 1 rings (SSSR count). The van der Waals surface area contributed by atoms with Crippen molar-refractivity contribution in [3.63, 3.8) is 0 Å². The standard InChI is InChI=1S/C13H24O2Si/c1-10(2)11(3)14-8-7-9-15-16(6)12(4)13(16)5/h12-13H,1,3,7-9H2,2,4-6H3. The van der Waals surface area contributed by atoms with Crippen LogP contribution in [-0.2, 0) is 9.16 Å². The van der Waals surface area contributed by atoms with Gasteiger partial charge in [0.1, 0.15) is 5.76 Å². The van der Waals surface area contributed by atoms with Crippen LogP contribution >= 0.6 is 0 Å². The van der Waals surface area contributed by atoms with E-state index in [9.17, 15) is 0 Å². The zero-order chi connectivity index (χ0) is 12.3. The van der Waals surface area contributed by atoms with Crippen LogP contribution < -0.4 is 0 Å². The average molecular weight is 240 g/mol. The third-order valence-corrected chi connectivity index (χ3v) is 8.96. The molecule has 0 spiro atoms. The average Bonchev–Trinajstić information content (AvgIpc) is 2.69. The van der Waals surface area contributed by atoms with E-state index in [-0.39, 0.29) is 0 Å². The topological polar surface area (TPSA) is 18.5 Å². The summed E-state index contributed by atoms with van der Waals surface area (Å²) in [7, 11) is -1.31. The first kappa shape index (κ1) is 13.5. The predicted molar refractivity (Wildman–Crippen MR) is 70.9 cm³/mol. The molecule has 0 amide bonds. The van der Waals surface area contributed by atoms with Crippen LogP contribution in [0.2, 0.25) is 17.6 Å². The number of hydrogen-bond acceptors (Lipinski definition) is 2. The molecule has 1 fully saturated rings. The molecule has 1 saturated heterocycles. The molecule has 0 saturated carbocycles. The van der Waals surface area contributed by atoms with Gasteiger partial charge in [0.2, 0.25) is 0 Å². The number of hydrogen-bond donors (Lipinski definition) is 0. The Kier molecular flexibility index (Phi) is 4.39. The zero-order valence-electron chi connectivity index (χ0n) is 11.0. The maximum Gasteiger partial charge on any atom is 0.195 e. The Labute approximate surface area is 100 Å². The second kappa shape index (κ2) is 5.19. The summed E-state index contributed by atoms with van der Waals surface area (Å²) in [4.78, 5) is 0. The molecule has 0 aliphatic carbocycles. The van der Waals surface area contributed by atoms with Gasteiger partial charge < -0.3 is 9.16 Å². The molecular formula is C13H24O2Si. The Morgan fingerprint density at radius 2 is 1.75 bits per heavy atom. The van der Waals surface area contributed by atoms with Gasteiger partial charge in [-0.25, -0.2) is 0 Å². The first-order chi connectivity index (χ1) is 7.39. The molecule has 2 nitrogen and oxygen atoms in total. The van der Waals surface area contributed by atoms with Crippen molar-refractivity contribution in [3.05, 3.63) is 24.5 Å². The molecule has 0 N–H and O–H groups in total. The number of rotatable bonds is 7. The van der Waals surface area contributed by atoms with E-state index in [1.165, 1.54) is 0 Å². The Morgan fingerprint density at radius 3 is 2.19 bits per heavy atom. The van der Waals surface area contributed by atoms with Crippen LogP contribution in [0.25, 0.3) is 0 Å². The summed E-state index contributed by atoms with van der Waals surface area (Å²) >= 11 is 0. The van der Waals surface area contributed by atoms with Crippen molar-refractivity contribution in [1.82, 2.24) is 0 Å². The van der Waals surface area contributed by atoms with Crippen molar-refractivity contribution in [2.24, 2.45) is 0 Å². The molecule has 1 aliphatic rings. The molecule has 16 heavy (non-hydrogen) atoms. The fraction of sp³-hybridized carbons (Fsp3) is 0.692. The second-order valence-electron chi connectivity index (χ2n) is 5.02. The third-order valence-electron chi connectivity index (χ3n) is 3.90. The van der Waals surface area contributed by atoms with Gasteiger partial charge in [-0.3, -0.25) is 0 Å². The maximum atomic E-state index is 6.01. The molecule has 0 aromatic rings. The molecular weight excluding hydrogens is 216 g/mol. The van der Waals surface area contributed by atoms with Crippen LogP contribution in [-0.4, -0.2) is 21.5 Å². The summed E-state index contributed by atoms with van der Waals surface area (Å²) < 4.78 is 11.4. The lowest BCUT2D eigenvalue weighted by Gasteiger charge is -2.12. The van der Waals surface area contributed by atoms with Crippen LogP contribution in [0.5, 0.6) is 0 Å². The lowest BCUT2D eigenvalue weighted by atomic mass is 10.3. The Bertz CT molecular complexity index is 278. The molecule has 2 unspecified atom stereocenters. The van der Waals surface area contributed by atoms with E-state index in [4.69, 9.17) is 9.16 Å². The maximum absolute atomic E-state index is 6.01. The van der Waals surface area contributed by atoms with Crippen LogP contribution in [0.15, 0.2) is 24.5 Å². The molecule has 0 radical (unpaired) electrons. The van der Waals surface area contributed by atoms with E-state index in [2.05, 4.69) is 33.6 Å². The van der Waals surface area contributed by atoms with Gasteiger partial charge in [-0.15, -0.1) is 0 Å². The highest BCUT2D eigenvalue weighted by Crippen LogP contribution is 2.59. The summed E-state index contributed by atoms with van der Waals surface area (Å²) in [6, 6.07) is 0. The number of ether oxygens (including phenoxy) is 1. The van der Waals surface area contributed by atoms with Gasteiger partial charge in [0, 0.05) is 13.0 Å². The van der Waals surface area contributed by atoms with Gasteiger partial charge in [0.15, 0.2) is 8.32 Å². The van der Waals surface area contributed by atoms with E-state index in [0.29, 0.717) is 12.4 Å². The highest BCUT2D eigenvalue weighted by Gasteiger charge is 2.59. The van der Waals surface area contributed by atoms with Gasteiger partial charge in [-0.1, -0.05) is 27.0 Å². The Balaban J connectivity index is 2.05. The quantitative estimate of drug-likeness (QED) is 0.291. The van der Waals surface area contributed by atoms with Crippen molar-refractivity contribution >= 4 is 8.32 Å². The van der Waals surface area contributed by atoms with Crippen LogP contribution in [0.3, 0.4) is 0 Å². The molecule has 1 aliphatic heterocycles. The Hall–Kier alpha value is -0.543. The molecule has 3 heteroatoms. The van der Waals surface area contributed by atoms with Gasteiger partial charge in [0.25, 0.3) is 0 Å². The van der Waals surface area contributed by atoms with Gasteiger partial charge in [0.05, 0.1) is 6.61 Å². The first-order valence-electron chi connectivity index (χ1n) is 6.01. The van der Waals surface area contributed by atoms with Crippen LogP contribution in [0, 0.1) is 0 Å². The zero-order valence-corrected chi connectivity index (χ0v) is 12.0. The molecule has 2 atom stereocenters. The van der Waals surface area contributed by atoms with Gasteiger partial charge >= 0.3 is 0 Å². The SMILES string of the molecule is C=C(C)C(=C)OCCCO[Si]1(C)C(C)C1C. The minimum atomic E-state index is -1.31. The van der Waals surface area contributed by atoms with Crippen molar-refractivity contribution < 1.29 is 9.16 Å². The lowest BCUT2D eigenvalue weighted by Crippen LogP contribution is -2.19. The highest BCUT2D eigenvalue weighted by atomic mass is 28.4. The minimum absolute atomic E-state index is 0.679. The fourth-order valence-corrected chi connectivity index (χ4v) is 5.58. The lowest BCUT2D eigenvalue weighted by molar-refractivity contribution is 0.189. The van der Waals surface area contributed by atoms with E-state index < -0.39 is 8.32 Å². The van der Waals surface area contributed by atoms with Crippen LogP contribution in [0.4, 0.5) is 0 Å². The Morgan fingerprint density at radius 1 is 1.19 bits per heavy atom. The normalized spacial score (nSPS) is 32.2. The molecule has 92 valence electrons. The van der Waals surface area contributed by atoms with Gasteiger partial charge in [-0.05, 0) is 30.1 Å². The summed E-state index contributed by atoms with van der Waals surface area (Å²) in [6.07, 6.45) is 0.939. The van der Waals surface area contributed by atoms with Crippen molar-refractivity contribution in [3.8, 4) is 0 Å². The minimum Gasteiger partial charge on any atom is -0.494 e. The number of allylic oxidation sites excluding steroid dienone is 1. The largest absolute Gasteiger partial charge is 0.494 e. The summed E-state index contributed by atoms with van der Waals surface area (Å²) in [6.45, 7) is 17.9. The van der Waals surface area contributed by atoms with Crippen molar-refractivity contribution in [2.75, 3.05) is 13.2 Å². The smallest absolute Gasteiger partial charge is 0.195 e. The summed E-state index contributed by atoms with van der Waals surface area (Å²) in [5.41, 5.74) is 2.53. The third kappa shape index (κ3) is 2.98. The van der Waals surface area contributed by atoms with E-state index in [1.54, 1.807) is 0 Å². The van der Waals surface area contributed by atoms with E-state index in [0.717, 1.165) is 29.7 Å². The fourth-order valence-electron chi connectivity index (χ4n) is 1.88. The van der Waals surface area contributed by atoms with E-state index in [1.807, 2.05) is 6.92 Å². The van der Waals surface area contributed by atoms with Crippen molar-refractivity contribution in [1.29, 1.82) is 0 Å². The monoisotopic (exact) mass is 240 g/mol. The van der Waals surface area contributed by atoms with E-state index >= 15 is 0 Å². The predicted octanol–water partition coefficient (Wildman–Crippen LogP) is 3.87. The van der Waals surface area contributed by atoms with Crippen LogP contribution in [0.1, 0.15) is 27.2 Å². The molecule has 1 heterocycles.